The molecule has 0 spiro atoms. The Balaban J connectivity index is 1.73. The molecule has 0 saturated heterocycles. The Labute approximate surface area is 143 Å². The monoisotopic (exact) mass is 310 g/mol. The average Bonchev–Trinajstić information content (AvgIpc) is 2.79. The Kier molecular flexibility index (Phi) is 3.67. The molecule has 0 aliphatic heterocycles. The Hall–Kier alpha value is -0.780. The van der Waals surface area contributed by atoms with E-state index in [4.69, 9.17) is 0 Å². The van der Waals surface area contributed by atoms with Crippen LogP contribution < -0.4 is 0 Å². The van der Waals surface area contributed by atoms with Crippen LogP contribution in [0.1, 0.15) is 72.6 Å². The van der Waals surface area contributed by atoms with Gasteiger partial charge in [0.15, 0.2) is 0 Å². The summed E-state index contributed by atoms with van der Waals surface area (Å²) in [5.74, 6) is 3.65. The largest absolute Gasteiger partial charge is 0.0836 e. The van der Waals surface area contributed by atoms with Crippen LogP contribution >= 0.6 is 0 Å². The molecule has 126 valence electrons. The lowest BCUT2D eigenvalue weighted by molar-refractivity contribution is 0.0826. The number of rotatable bonds is 2. The van der Waals surface area contributed by atoms with Gasteiger partial charge in [0, 0.05) is 5.41 Å². The standard InChI is InChI=1S/C23H34/c1-5-8-19-16(2)15-21-18-11-10-17-9-6-7-13-22(17,3)20(18)12-14-23(19,21)4/h7,9,12-13,16,18-19,21H,5-6,8,10-11,14-15H2,1-4H3/t16-,18?,19?,21?,22+,23-/m1/s1. The molecule has 0 N–H and O–H groups in total. The molecule has 0 aromatic rings. The van der Waals surface area contributed by atoms with Crippen molar-refractivity contribution >= 4 is 0 Å². The van der Waals surface area contributed by atoms with Crippen molar-refractivity contribution in [1.29, 1.82) is 0 Å². The molecule has 0 heteroatoms. The molecule has 0 radical (unpaired) electrons. The summed E-state index contributed by atoms with van der Waals surface area (Å²) in [6, 6.07) is 0. The summed E-state index contributed by atoms with van der Waals surface area (Å²) in [4.78, 5) is 0. The lowest BCUT2D eigenvalue weighted by Gasteiger charge is -2.52. The highest BCUT2D eigenvalue weighted by molar-refractivity contribution is 5.43. The van der Waals surface area contributed by atoms with Crippen LogP contribution in [0.5, 0.6) is 0 Å². The molecule has 2 saturated carbocycles. The Morgan fingerprint density at radius 2 is 2.04 bits per heavy atom. The predicted octanol–water partition coefficient (Wildman–Crippen LogP) is 6.70. The second kappa shape index (κ2) is 5.36. The SMILES string of the molecule is CCCC1[C@H](C)CC2C3CCC4=CCC=C[C@]4(C)C3=CC[C@@]21C. The van der Waals surface area contributed by atoms with Crippen LogP contribution in [0.2, 0.25) is 0 Å². The minimum atomic E-state index is 0.259. The van der Waals surface area contributed by atoms with E-state index in [9.17, 15) is 0 Å². The normalized spacial score (nSPS) is 48.2. The third-order valence-electron chi connectivity index (χ3n) is 8.20. The number of fused-ring (bicyclic) bond motifs is 5. The van der Waals surface area contributed by atoms with Crippen LogP contribution in [0.25, 0.3) is 0 Å². The van der Waals surface area contributed by atoms with Crippen LogP contribution in [0.4, 0.5) is 0 Å². The molecule has 0 heterocycles. The van der Waals surface area contributed by atoms with Gasteiger partial charge in [0.05, 0.1) is 0 Å². The Morgan fingerprint density at radius 3 is 2.83 bits per heavy atom. The lowest BCUT2D eigenvalue weighted by atomic mass is 9.52. The Bertz CT molecular complexity index is 577. The molecule has 23 heavy (non-hydrogen) atoms. The highest BCUT2D eigenvalue weighted by Gasteiger charge is 2.56. The van der Waals surface area contributed by atoms with Crippen molar-refractivity contribution in [3.63, 3.8) is 0 Å². The van der Waals surface area contributed by atoms with Gasteiger partial charge in [-0.3, -0.25) is 0 Å². The third-order valence-corrected chi connectivity index (χ3v) is 8.20. The topological polar surface area (TPSA) is 0 Å². The first-order valence-corrected chi connectivity index (χ1v) is 10.1. The number of hydrogen-bond acceptors (Lipinski definition) is 0. The van der Waals surface area contributed by atoms with Gasteiger partial charge in [-0.15, -0.1) is 0 Å². The van der Waals surface area contributed by atoms with Crippen molar-refractivity contribution < 1.29 is 0 Å². The van der Waals surface area contributed by atoms with Crippen molar-refractivity contribution in [2.24, 2.45) is 34.5 Å². The Morgan fingerprint density at radius 1 is 1.22 bits per heavy atom. The second-order valence-corrected chi connectivity index (χ2v) is 9.30. The molecular formula is C23H34. The molecule has 0 aromatic carbocycles. The van der Waals surface area contributed by atoms with Crippen molar-refractivity contribution in [2.75, 3.05) is 0 Å². The minimum Gasteiger partial charge on any atom is -0.0836 e. The molecule has 2 fully saturated rings. The summed E-state index contributed by atoms with van der Waals surface area (Å²) in [5.41, 5.74) is 4.33. The molecule has 0 amide bonds. The van der Waals surface area contributed by atoms with Crippen LogP contribution in [-0.4, -0.2) is 0 Å². The zero-order chi connectivity index (χ0) is 16.2. The van der Waals surface area contributed by atoms with E-state index in [0.717, 1.165) is 30.1 Å². The van der Waals surface area contributed by atoms with Gasteiger partial charge in [0.1, 0.15) is 0 Å². The summed E-state index contributed by atoms with van der Waals surface area (Å²) < 4.78 is 0. The van der Waals surface area contributed by atoms with Gasteiger partial charge in [-0.2, -0.15) is 0 Å². The third kappa shape index (κ3) is 2.09. The van der Waals surface area contributed by atoms with E-state index < -0.39 is 0 Å². The van der Waals surface area contributed by atoms with E-state index in [2.05, 4.69) is 52.0 Å². The van der Waals surface area contributed by atoms with E-state index in [-0.39, 0.29) is 5.41 Å². The van der Waals surface area contributed by atoms with Gasteiger partial charge in [0.2, 0.25) is 0 Å². The molecule has 4 aliphatic rings. The summed E-state index contributed by atoms with van der Waals surface area (Å²) in [7, 11) is 0. The quantitative estimate of drug-likeness (QED) is 0.498. The van der Waals surface area contributed by atoms with Crippen LogP contribution in [0, 0.1) is 34.5 Å². The molecule has 0 aromatic heterocycles. The zero-order valence-corrected chi connectivity index (χ0v) is 15.6. The van der Waals surface area contributed by atoms with Crippen LogP contribution in [0.15, 0.2) is 35.5 Å². The summed E-state index contributed by atoms with van der Waals surface area (Å²) in [6.45, 7) is 10.1. The average molecular weight is 311 g/mol. The van der Waals surface area contributed by atoms with Gasteiger partial charge in [-0.05, 0) is 74.5 Å². The van der Waals surface area contributed by atoms with E-state index in [0.29, 0.717) is 5.41 Å². The highest BCUT2D eigenvalue weighted by atomic mass is 14.6. The van der Waals surface area contributed by atoms with Crippen LogP contribution in [-0.2, 0) is 0 Å². The maximum Gasteiger partial charge on any atom is 0.0275 e. The van der Waals surface area contributed by atoms with Crippen molar-refractivity contribution in [2.45, 2.75) is 72.6 Å². The van der Waals surface area contributed by atoms with Gasteiger partial charge < -0.3 is 0 Å². The minimum absolute atomic E-state index is 0.259. The molecule has 0 nitrogen and oxygen atoms in total. The zero-order valence-electron chi connectivity index (χ0n) is 15.6. The lowest BCUT2D eigenvalue weighted by Crippen LogP contribution is -2.43. The van der Waals surface area contributed by atoms with E-state index in [1.807, 2.05) is 0 Å². The van der Waals surface area contributed by atoms with Crippen molar-refractivity contribution in [3.05, 3.63) is 35.5 Å². The first kappa shape index (κ1) is 15.7. The van der Waals surface area contributed by atoms with Gasteiger partial charge >= 0.3 is 0 Å². The van der Waals surface area contributed by atoms with Crippen molar-refractivity contribution in [1.82, 2.24) is 0 Å². The fraction of sp³-hybridized carbons (Fsp3) is 0.739. The van der Waals surface area contributed by atoms with Gasteiger partial charge in [0.25, 0.3) is 0 Å². The number of allylic oxidation sites excluding steroid dienone is 6. The molecule has 3 unspecified atom stereocenters. The maximum absolute atomic E-state index is 2.70. The van der Waals surface area contributed by atoms with E-state index >= 15 is 0 Å². The second-order valence-electron chi connectivity index (χ2n) is 9.30. The summed E-state index contributed by atoms with van der Waals surface area (Å²) in [5, 5.41) is 0. The van der Waals surface area contributed by atoms with Gasteiger partial charge in [-0.25, -0.2) is 0 Å². The predicted molar refractivity (Wildman–Crippen MR) is 99.1 cm³/mol. The van der Waals surface area contributed by atoms with E-state index in [1.54, 1.807) is 11.1 Å². The highest BCUT2D eigenvalue weighted by Crippen LogP contribution is 2.65. The van der Waals surface area contributed by atoms with E-state index in [1.165, 1.54) is 38.5 Å². The van der Waals surface area contributed by atoms with Crippen molar-refractivity contribution in [3.8, 4) is 0 Å². The molecule has 4 rings (SSSR count). The first-order chi connectivity index (χ1) is 11.0. The summed E-state index contributed by atoms with van der Waals surface area (Å²) in [6.07, 6.45) is 19.6. The summed E-state index contributed by atoms with van der Waals surface area (Å²) >= 11 is 0. The molecule has 4 aliphatic carbocycles. The fourth-order valence-electron chi connectivity index (χ4n) is 7.05. The molecule has 6 atom stereocenters. The van der Waals surface area contributed by atoms with Gasteiger partial charge in [-0.1, -0.05) is 62.6 Å². The fourth-order valence-corrected chi connectivity index (χ4v) is 7.05. The molecular weight excluding hydrogens is 276 g/mol. The number of hydrogen-bond donors (Lipinski definition) is 0. The van der Waals surface area contributed by atoms with Crippen LogP contribution in [0.3, 0.4) is 0 Å². The first-order valence-electron chi connectivity index (χ1n) is 10.1. The smallest absolute Gasteiger partial charge is 0.0275 e. The molecule has 0 bridgehead atoms. The maximum atomic E-state index is 2.70.